The van der Waals surface area contributed by atoms with Gasteiger partial charge in [0, 0.05) is 38.2 Å². The Labute approximate surface area is 178 Å². The molecule has 0 bridgehead atoms. The van der Waals surface area contributed by atoms with Crippen molar-refractivity contribution in [2.24, 2.45) is 4.99 Å². The van der Waals surface area contributed by atoms with Crippen molar-refractivity contribution in [1.82, 2.24) is 15.5 Å². The fraction of sp³-hybridized carbons (Fsp3) is 0.478. The zero-order valence-electron chi connectivity index (χ0n) is 18.1. The second kappa shape index (κ2) is 10.8. The second-order valence-electron chi connectivity index (χ2n) is 7.62. The number of guanidine groups is 1. The maximum absolute atomic E-state index is 12.8. The van der Waals surface area contributed by atoms with Crippen molar-refractivity contribution >= 4 is 11.9 Å². The van der Waals surface area contributed by atoms with Gasteiger partial charge in [0.2, 0.25) is 0 Å². The van der Waals surface area contributed by atoms with Crippen LogP contribution < -0.4 is 10.6 Å². The number of nitrogens with one attached hydrogen (secondary N) is 2. The number of aliphatic imine (C=N–C) groups is 1. The van der Waals surface area contributed by atoms with Crippen molar-refractivity contribution in [2.75, 3.05) is 26.2 Å². The monoisotopic (exact) mass is 412 g/mol. The zero-order chi connectivity index (χ0) is 21.3. The highest BCUT2D eigenvalue weighted by molar-refractivity contribution is 5.94. The van der Waals surface area contributed by atoms with Crippen LogP contribution in [0.3, 0.4) is 0 Å². The van der Waals surface area contributed by atoms with Gasteiger partial charge in [-0.25, -0.2) is 4.99 Å². The summed E-state index contributed by atoms with van der Waals surface area (Å²) in [7, 11) is 0. The van der Waals surface area contributed by atoms with E-state index < -0.39 is 0 Å². The third-order valence-corrected chi connectivity index (χ3v) is 4.92. The molecule has 3 rings (SSSR count). The lowest BCUT2D eigenvalue weighted by Crippen LogP contribution is -2.48. The Hall–Kier alpha value is -2.80. The standard InChI is InChI=1S/C23H32N4O3/c1-4-24-23(25-12-11-21-6-5-13-29-21)26-14-19-7-9-20(10-8-19)22(28)27-15-17(2)30-18(3)16-27/h5-10,13,17-18H,4,11-12,14-16H2,1-3H3,(H2,24,25,26). The highest BCUT2D eigenvalue weighted by atomic mass is 16.5. The summed E-state index contributed by atoms with van der Waals surface area (Å²) >= 11 is 0. The molecule has 1 aliphatic heterocycles. The quantitative estimate of drug-likeness (QED) is 0.540. The number of morpholine rings is 1. The fourth-order valence-electron chi connectivity index (χ4n) is 3.55. The van der Waals surface area contributed by atoms with Gasteiger partial charge in [0.25, 0.3) is 5.91 Å². The molecule has 2 N–H and O–H groups in total. The summed E-state index contributed by atoms with van der Waals surface area (Å²) in [5.41, 5.74) is 1.76. The lowest BCUT2D eigenvalue weighted by Gasteiger charge is -2.35. The molecule has 0 radical (unpaired) electrons. The van der Waals surface area contributed by atoms with Crippen LogP contribution in [-0.4, -0.2) is 55.2 Å². The molecule has 1 aliphatic rings. The van der Waals surface area contributed by atoms with Crippen LogP contribution in [0.5, 0.6) is 0 Å². The van der Waals surface area contributed by atoms with Gasteiger partial charge in [0.05, 0.1) is 25.0 Å². The van der Waals surface area contributed by atoms with E-state index in [1.807, 2.05) is 62.1 Å². The zero-order valence-corrected chi connectivity index (χ0v) is 18.1. The van der Waals surface area contributed by atoms with Crippen LogP contribution in [0.25, 0.3) is 0 Å². The molecule has 0 saturated carbocycles. The van der Waals surface area contributed by atoms with Crippen LogP contribution in [0.2, 0.25) is 0 Å². The smallest absolute Gasteiger partial charge is 0.254 e. The van der Waals surface area contributed by atoms with Crippen molar-refractivity contribution in [1.29, 1.82) is 0 Å². The van der Waals surface area contributed by atoms with Crippen LogP contribution >= 0.6 is 0 Å². The molecule has 2 unspecified atom stereocenters. The van der Waals surface area contributed by atoms with E-state index in [-0.39, 0.29) is 18.1 Å². The van der Waals surface area contributed by atoms with E-state index in [4.69, 9.17) is 9.15 Å². The lowest BCUT2D eigenvalue weighted by molar-refractivity contribution is -0.0586. The van der Waals surface area contributed by atoms with E-state index >= 15 is 0 Å². The third-order valence-electron chi connectivity index (χ3n) is 4.92. The molecule has 0 aliphatic carbocycles. The van der Waals surface area contributed by atoms with Gasteiger partial charge in [-0.05, 0) is 50.6 Å². The summed E-state index contributed by atoms with van der Waals surface area (Å²) in [6.45, 7) is 9.37. The Bertz CT molecular complexity index is 807. The number of carbonyl (C=O) groups is 1. The van der Waals surface area contributed by atoms with E-state index in [0.29, 0.717) is 25.2 Å². The Morgan fingerprint density at radius 3 is 2.50 bits per heavy atom. The summed E-state index contributed by atoms with van der Waals surface area (Å²) in [5.74, 6) is 1.77. The first-order valence-electron chi connectivity index (χ1n) is 10.6. The number of hydrogen-bond donors (Lipinski definition) is 2. The van der Waals surface area contributed by atoms with Crippen LogP contribution in [0, 0.1) is 0 Å². The van der Waals surface area contributed by atoms with Crippen molar-refractivity contribution in [3.63, 3.8) is 0 Å². The molecule has 1 amide bonds. The van der Waals surface area contributed by atoms with Gasteiger partial charge in [0.1, 0.15) is 5.76 Å². The number of rotatable bonds is 7. The van der Waals surface area contributed by atoms with Crippen LogP contribution in [0.15, 0.2) is 52.1 Å². The van der Waals surface area contributed by atoms with Crippen LogP contribution in [0.4, 0.5) is 0 Å². The fourth-order valence-corrected chi connectivity index (χ4v) is 3.55. The lowest BCUT2D eigenvalue weighted by atomic mass is 10.1. The first-order valence-corrected chi connectivity index (χ1v) is 10.6. The first-order chi connectivity index (χ1) is 14.5. The summed E-state index contributed by atoms with van der Waals surface area (Å²) in [4.78, 5) is 19.3. The molecule has 1 saturated heterocycles. The molecule has 30 heavy (non-hydrogen) atoms. The highest BCUT2D eigenvalue weighted by Crippen LogP contribution is 2.15. The number of ether oxygens (including phenoxy) is 1. The van der Waals surface area contributed by atoms with Gasteiger partial charge in [-0.1, -0.05) is 12.1 Å². The van der Waals surface area contributed by atoms with Crippen LogP contribution in [0.1, 0.15) is 42.5 Å². The van der Waals surface area contributed by atoms with E-state index in [1.54, 1.807) is 6.26 Å². The van der Waals surface area contributed by atoms with Gasteiger partial charge in [-0.15, -0.1) is 0 Å². The summed E-state index contributed by atoms with van der Waals surface area (Å²) in [6, 6.07) is 11.6. The molecule has 7 nitrogen and oxygen atoms in total. The van der Waals surface area contributed by atoms with Crippen molar-refractivity contribution in [3.05, 3.63) is 59.5 Å². The van der Waals surface area contributed by atoms with Crippen molar-refractivity contribution in [3.8, 4) is 0 Å². The van der Waals surface area contributed by atoms with Gasteiger partial charge in [0.15, 0.2) is 5.96 Å². The third kappa shape index (κ3) is 6.35. The Morgan fingerprint density at radius 2 is 1.87 bits per heavy atom. The maximum Gasteiger partial charge on any atom is 0.254 e. The highest BCUT2D eigenvalue weighted by Gasteiger charge is 2.26. The molecule has 1 aromatic carbocycles. The van der Waals surface area contributed by atoms with Gasteiger partial charge in [-0.3, -0.25) is 4.79 Å². The number of nitrogens with zero attached hydrogens (tertiary/aromatic N) is 2. The number of amides is 1. The molecular weight excluding hydrogens is 380 g/mol. The second-order valence-corrected chi connectivity index (χ2v) is 7.62. The molecule has 162 valence electrons. The SMILES string of the molecule is CCNC(=NCc1ccc(C(=O)N2CC(C)OC(C)C2)cc1)NCCc1ccco1. The van der Waals surface area contributed by atoms with Gasteiger partial charge in [-0.2, -0.15) is 0 Å². The van der Waals surface area contributed by atoms with E-state index in [0.717, 1.165) is 36.8 Å². The summed E-state index contributed by atoms with van der Waals surface area (Å²) in [5, 5.41) is 6.57. The molecule has 1 aromatic heterocycles. The van der Waals surface area contributed by atoms with E-state index in [9.17, 15) is 4.79 Å². The van der Waals surface area contributed by atoms with E-state index in [2.05, 4.69) is 15.6 Å². The summed E-state index contributed by atoms with van der Waals surface area (Å²) in [6.07, 6.45) is 2.61. The topological polar surface area (TPSA) is 79.1 Å². The number of furan rings is 1. The summed E-state index contributed by atoms with van der Waals surface area (Å²) < 4.78 is 11.1. The first kappa shape index (κ1) is 21.9. The molecule has 7 heteroatoms. The van der Waals surface area contributed by atoms with Crippen LogP contribution in [-0.2, 0) is 17.7 Å². The molecular formula is C23H32N4O3. The average molecular weight is 413 g/mol. The number of benzene rings is 1. The minimum Gasteiger partial charge on any atom is -0.469 e. The van der Waals surface area contributed by atoms with Gasteiger partial charge < -0.3 is 24.7 Å². The minimum atomic E-state index is 0.0555. The average Bonchev–Trinajstić information content (AvgIpc) is 3.25. The molecule has 0 spiro atoms. The Kier molecular flexibility index (Phi) is 7.90. The van der Waals surface area contributed by atoms with E-state index in [1.165, 1.54) is 0 Å². The Balaban J connectivity index is 1.54. The molecule has 2 heterocycles. The molecule has 1 fully saturated rings. The molecule has 2 atom stereocenters. The predicted molar refractivity (Wildman–Crippen MR) is 118 cm³/mol. The normalized spacial score (nSPS) is 19.6. The molecule has 2 aromatic rings. The maximum atomic E-state index is 12.8. The van der Waals surface area contributed by atoms with Crippen molar-refractivity contribution in [2.45, 2.75) is 45.9 Å². The number of carbonyl (C=O) groups excluding carboxylic acids is 1. The predicted octanol–water partition coefficient (Wildman–Crippen LogP) is 2.83. The largest absolute Gasteiger partial charge is 0.469 e. The van der Waals surface area contributed by atoms with Gasteiger partial charge >= 0.3 is 0 Å². The number of hydrogen-bond acceptors (Lipinski definition) is 4. The Morgan fingerprint density at radius 1 is 1.13 bits per heavy atom. The minimum absolute atomic E-state index is 0.0555. The van der Waals surface area contributed by atoms with Crippen molar-refractivity contribution < 1.29 is 13.9 Å².